The topological polar surface area (TPSA) is 21.3 Å². The number of aryl methyl sites for hydroxylation is 1. The zero-order valence-corrected chi connectivity index (χ0v) is 14.2. The Hall–Kier alpha value is -1.96. The maximum atomic E-state index is 5.28. The van der Waals surface area contributed by atoms with E-state index >= 15 is 0 Å². The van der Waals surface area contributed by atoms with E-state index in [-0.39, 0.29) is 0 Å². The second kappa shape index (κ2) is 11.8. The standard InChI is InChI=1S/C14H15NO.C3H8.C2H6/c1-11-8-9-13(10-14(11)16-2)15-12-6-4-3-5-7-12;1-3-2;1-2/h3-10,15H,1-2H3;3H2,1-2H3;1-2H3. The molecule has 2 aromatic carbocycles. The molecule has 0 aromatic heterocycles. The largest absolute Gasteiger partial charge is 0.496 e. The van der Waals surface area contributed by atoms with Crippen molar-refractivity contribution in [2.24, 2.45) is 0 Å². The number of ether oxygens (including phenoxy) is 1. The number of benzene rings is 2. The summed E-state index contributed by atoms with van der Waals surface area (Å²) < 4.78 is 5.28. The van der Waals surface area contributed by atoms with Gasteiger partial charge in [0.05, 0.1) is 7.11 Å². The monoisotopic (exact) mass is 287 g/mol. The van der Waals surface area contributed by atoms with Gasteiger partial charge in [0, 0.05) is 17.4 Å². The third-order valence-electron chi connectivity index (χ3n) is 2.47. The molecular weight excluding hydrogens is 258 g/mol. The first kappa shape index (κ1) is 19.0. The molecule has 0 bridgehead atoms. The summed E-state index contributed by atoms with van der Waals surface area (Å²) in [6.07, 6.45) is 1.25. The quantitative estimate of drug-likeness (QED) is 0.726. The van der Waals surface area contributed by atoms with Crippen molar-refractivity contribution in [1.82, 2.24) is 0 Å². The van der Waals surface area contributed by atoms with Crippen LogP contribution >= 0.6 is 0 Å². The van der Waals surface area contributed by atoms with Crippen LogP contribution in [0.15, 0.2) is 48.5 Å². The molecule has 0 saturated heterocycles. The lowest BCUT2D eigenvalue weighted by atomic mass is 10.2. The minimum atomic E-state index is 0.904. The zero-order chi connectivity index (χ0) is 16.1. The molecule has 0 unspecified atom stereocenters. The van der Waals surface area contributed by atoms with Crippen LogP contribution in [0.3, 0.4) is 0 Å². The maximum absolute atomic E-state index is 5.28. The predicted octanol–water partition coefficient (Wildman–Crippen LogP) is 6.19. The number of rotatable bonds is 3. The van der Waals surface area contributed by atoms with Gasteiger partial charge in [-0.1, -0.05) is 58.4 Å². The molecule has 2 rings (SSSR count). The summed E-state index contributed by atoms with van der Waals surface area (Å²) in [6.45, 7) is 10.3. The van der Waals surface area contributed by atoms with Gasteiger partial charge in [-0.2, -0.15) is 0 Å². The molecule has 0 spiro atoms. The Morgan fingerprint density at radius 1 is 0.905 bits per heavy atom. The van der Waals surface area contributed by atoms with Crippen LogP contribution in [-0.4, -0.2) is 7.11 Å². The Kier molecular flexibility index (Phi) is 10.7. The van der Waals surface area contributed by atoms with Crippen LogP contribution in [0.2, 0.25) is 0 Å². The van der Waals surface area contributed by atoms with E-state index in [4.69, 9.17) is 4.74 Å². The lowest BCUT2D eigenvalue weighted by Crippen LogP contribution is -1.92. The van der Waals surface area contributed by atoms with Gasteiger partial charge in [-0.3, -0.25) is 0 Å². The Bertz CT molecular complexity index is 480. The van der Waals surface area contributed by atoms with Crippen molar-refractivity contribution < 1.29 is 4.74 Å². The van der Waals surface area contributed by atoms with Crippen LogP contribution in [0.5, 0.6) is 5.75 Å². The van der Waals surface area contributed by atoms with Crippen LogP contribution in [-0.2, 0) is 0 Å². The summed E-state index contributed by atoms with van der Waals surface area (Å²) in [7, 11) is 1.69. The van der Waals surface area contributed by atoms with Crippen molar-refractivity contribution >= 4 is 11.4 Å². The normalized spacial score (nSPS) is 8.67. The highest BCUT2D eigenvalue weighted by atomic mass is 16.5. The Morgan fingerprint density at radius 2 is 1.48 bits per heavy atom. The molecule has 0 amide bonds. The molecule has 0 aliphatic carbocycles. The fourth-order valence-electron chi connectivity index (χ4n) is 1.59. The molecule has 116 valence electrons. The van der Waals surface area contributed by atoms with Gasteiger partial charge in [-0.15, -0.1) is 0 Å². The molecule has 0 fully saturated rings. The fourth-order valence-corrected chi connectivity index (χ4v) is 1.59. The van der Waals surface area contributed by atoms with Crippen molar-refractivity contribution in [3.05, 3.63) is 54.1 Å². The van der Waals surface area contributed by atoms with E-state index in [1.54, 1.807) is 7.11 Å². The van der Waals surface area contributed by atoms with Crippen molar-refractivity contribution in [1.29, 1.82) is 0 Å². The van der Waals surface area contributed by atoms with Crippen LogP contribution in [0.1, 0.15) is 39.7 Å². The van der Waals surface area contributed by atoms with E-state index in [9.17, 15) is 0 Å². The molecular formula is C19H29NO. The number of hydrogen-bond donors (Lipinski definition) is 1. The molecule has 2 aromatic rings. The lowest BCUT2D eigenvalue weighted by molar-refractivity contribution is 0.412. The van der Waals surface area contributed by atoms with Gasteiger partial charge < -0.3 is 10.1 Å². The molecule has 21 heavy (non-hydrogen) atoms. The van der Waals surface area contributed by atoms with Crippen LogP contribution in [0.4, 0.5) is 11.4 Å². The van der Waals surface area contributed by atoms with Crippen molar-refractivity contribution in [2.75, 3.05) is 12.4 Å². The molecule has 0 aliphatic rings. The Morgan fingerprint density at radius 3 is 2.00 bits per heavy atom. The van der Waals surface area contributed by atoms with E-state index in [2.05, 4.69) is 19.2 Å². The molecule has 2 heteroatoms. The van der Waals surface area contributed by atoms with Crippen molar-refractivity contribution in [2.45, 2.75) is 41.0 Å². The number of para-hydroxylation sites is 1. The zero-order valence-electron chi connectivity index (χ0n) is 14.2. The summed E-state index contributed by atoms with van der Waals surface area (Å²) >= 11 is 0. The highest BCUT2D eigenvalue weighted by Gasteiger charge is 2.00. The number of anilines is 2. The third-order valence-corrected chi connectivity index (χ3v) is 2.47. The SMILES string of the molecule is CC.CCC.COc1cc(Nc2ccccc2)ccc1C. The van der Waals surface area contributed by atoms with E-state index in [0.29, 0.717) is 0 Å². The van der Waals surface area contributed by atoms with Gasteiger partial charge in [0.15, 0.2) is 0 Å². The maximum Gasteiger partial charge on any atom is 0.123 e. The first-order chi connectivity index (χ1) is 10.2. The predicted molar refractivity (Wildman–Crippen MR) is 94.8 cm³/mol. The minimum absolute atomic E-state index is 0.904. The van der Waals surface area contributed by atoms with Gasteiger partial charge in [-0.25, -0.2) is 0 Å². The van der Waals surface area contributed by atoms with E-state index in [0.717, 1.165) is 22.7 Å². The smallest absolute Gasteiger partial charge is 0.123 e. The average molecular weight is 287 g/mol. The van der Waals surface area contributed by atoms with E-state index in [1.807, 2.05) is 69.3 Å². The second-order valence-electron chi connectivity index (χ2n) is 4.38. The molecule has 0 saturated carbocycles. The fraction of sp³-hybridized carbons (Fsp3) is 0.368. The van der Waals surface area contributed by atoms with Crippen molar-refractivity contribution in [3.63, 3.8) is 0 Å². The highest BCUT2D eigenvalue weighted by Crippen LogP contribution is 2.24. The summed E-state index contributed by atoms with van der Waals surface area (Å²) in [5.74, 6) is 0.904. The number of nitrogens with one attached hydrogen (secondary N) is 1. The van der Waals surface area contributed by atoms with Gasteiger partial charge in [0.2, 0.25) is 0 Å². The van der Waals surface area contributed by atoms with Gasteiger partial charge in [0.1, 0.15) is 5.75 Å². The Labute approximate surface area is 130 Å². The molecule has 0 radical (unpaired) electrons. The van der Waals surface area contributed by atoms with E-state index in [1.165, 1.54) is 6.42 Å². The number of methoxy groups -OCH3 is 1. The van der Waals surface area contributed by atoms with Crippen molar-refractivity contribution in [3.8, 4) is 5.75 Å². The summed E-state index contributed by atoms with van der Waals surface area (Å²) in [5, 5.41) is 3.33. The molecule has 0 heterocycles. The van der Waals surface area contributed by atoms with Crippen LogP contribution in [0, 0.1) is 6.92 Å². The van der Waals surface area contributed by atoms with Gasteiger partial charge in [0.25, 0.3) is 0 Å². The molecule has 0 aliphatic heterocycles. The van der Waals surface area contributed by atoms with Crippen LogP contribution in [0.25, 0.3) is 0 Å². The average Bonchev–Trinajstić information content (AvgIpc) is 2.53. The summed E-state index contributed by atoms with van der Waals surface area (Å²) in [6, 6.07) is 16.2. The number of hydrogen-bond acceptors (Lipinski definition) is 2. The van der Waals surface area contributed by atoms with Gasteiger partial charge in [-0.05, 0) is 30.7 Å². The first-order valence-corrected chi connectivity index (χ1v) is 7.68. The van der Waals surface area contributed by atoms with E-state index < -0.39 is 0 Å². The highest BCUT2D eigenvalue weighted by molar-refractivity contribution is 5.62. The summed E-state index contributed by atoms with van der Waals surface area (Å²) in [5.41, 5.74) is 3.25. The molecule has 1 N–H and O–H groups in total. The first-order valence-electron chi connectivity index (χ1n) is 7.68. The van der Waals surface area contributed by atoms with Crippen LogP contribution < -0.4 is 10.1 Å². The van der Waals surface area contributed by atoms with Gasteiger partial charge >= 0.3 is 0 Å². The lowest BCUT2D eigenvalue weighted by Gasteiger charge is -2.09. The third kappa shape index (κ3) is 7.40. The Balaban J connectivity index is 0.000000713. The molecule has 0 atom stereocenters. The molecule has 2 nitrogen and oxygen atoms in total. The second-order valence-corrected chi connectivity index (χ2v) is 4.38. The summed E-state index contributed by atoms with van der Waals surface area (Å²) in [4.78, 5) is 0. The minimum Gasteiger partial charge on any atom is -0.496 e.